The van der Waals surface area contributed by atoms with Gasteiger partial charge in [0.15, 0.2) is 23.0 Å². The number of phenolic OH excluding ortho intramolecular Hbond substituents is 2. The summed E-state index contributed by atoms with van der Waals surface area (Å²) in [6.07, 6.45) is 0. The highest BCUT2D eigenvalue weighted by molar-refractivity contribution is 7.49. The fraction of sp³-hybridized carbons (Fsp3) is 0. The molecule has 0 unspecified atom stereocenters. The van der Waals surface area contributed by atoms with Crippen molar-refractivity contribution < 1.29 is 28.3 Å². The molecule has 0 aliphatic rings. The summed E-state index contributed by atoms with van der Waals surface area (Å²) in [4.78, 5) is 0. The van der Waals surface area contributed by atoms with E-state index in [9.17, 15) is 14.8 Å². The molecule has 0 saturated carbocycles. The fourth-order valence-electron chi connectivity index (χ4n) is 1.98. The molecule has 0 amide bonds. The van der Waals surface area contributed by atoms with E-state index in [-0.39, 0.29) is 28.7 Å². The van der Waals surface area contributed by atoms with Crippen LogP contribution < -0.4 is 13.6 Å². The molecule has 0 heterocycles. The first-order valence-electron chi connectivity index (χ1n) is 7.36. The van der Waals surface area contributed by atoms with Gasteiger partial charge in [-0.15, -0.1) is 0 Å². The van der Waals surface area contributed by atoms with Crippen LogP contribution in [-0.4, -0.2) is 10.2 Å². The second kappa shape index (κ2) is 7.20. The Morgan fingerprint density at radius 1 is 0.600 bits per heavy atom. The molecule has 3 aromatic rings. The van der Waals surface area contributed by atoms with Crippen LogP contribution in [0.5, 0.6) is 28.7 Å². The molecule has 6 nitrogen and oxygen atoms in total. The summed E-state index contributed by atoms with van der Waals surface area (Å²) in [5, 5.41) is 19.7. The molecule has 3 rings (SSSR count). The lowest BCUT2D eigenvalue weighted by molar-refractivity contribution is 0.287. The maximum atomic E-state index is 13.1. The van der Waals surface area contributed by atoms with Crippen LogP contribution >= 0.6 is 7.82 Å². The quantitative estimate of drug-likeness (QED) is 0.619. The molecule has 0 aliphatic heterocycles. The van der Waals surface area contributed by atoms with Gasteiger partial charge < -0.3 is 23.8 Å². The maximum Gasteiger partial charge on any atom is 0.647 e. The highest BCUT2D eigenvalue weighted by atomic mass is 31.2. The molecular weight excluding hydrogens is 343 g/mol. The van der Waals surface area contributed by atoms with Gasteiger partial charge in [-0.05, 0) is 36.4 Å². The minimum Gasteiger partial charge on any atom is -0.504 e. The zero-order valence-corrected chi connectivity index (χ0v) is 13.9. The SMILES string of the molecule is O=P(Oc1ccccc1)(Oc1ccccc1O)Oc1ccccc1O. The third kappa shape index (κ3) is 4.25. The minimum absolute atomic E-state index is 0.0721. The number of phosphoric acid groups is 1. The zero-order chi connectivity index (χ0) is 17.7. The first-order chi connectivity index (χ1) is 12.1. The van der Waals surface area contributed by atoms with Gasteiger partial charge in [0, 0.05) is 0 Å². The van der Waals surface area contributed by atoms with Crippen molar-refractivity contribution >= 4 is 7.82 Å². The number of rotatable bonds is 6. The van der Waals surface area contributed by atoms with E-state index < -0.39 is 7.82 Å². The second-order valence-corrected chi connectivity index (χ2v) is 6.41. The normalized spacial score (nSPS) is 10.9. The Morgan fingerprint density at radius 2 is 1.04 bits per heavy atom. The number of phenols is 2. The van der Waals surface area contributed by atoms with Crippen molar-refractivity contribution in [3.63, 3.8) is 0 Å². The fourth-order valence-corrected chi connectivity index (χ4v) is 3.26. The van der Waals surface area contributed by atoms with E-state index in [1.54, 1.807) is 54.6 Å². The summed E-state index contributed by atoms with van der Waals surface area (Å²) in [7, 11) is -4.26. The number of hydrogen-bond acceptors (Lipinski definition) is 6. The number of benzene rings is 3. The lowest BCUT2D eigenvalue weighted by atomic mass is 10.3. The van der Waals surface area contributed by atoms with Gasteiger partial charge in [0.1, 0.15) is 5.75 Å². The van der Waals surface area contributed by atoms with E-state index in [2.05, 4.69) is 0 Å². The van der Waals surface area contributed by atoms with Crippen LogP contribution in [0.1, 0.15) is 0 Å². The Labute approximate surface area is 144 Å². The topological polar surface area (TPSA) is 85.2 Å². The summed E-state index contributed by atoms with van der Waals surface area (Å²) >= 11 is 0. The first kappa shape index (κ1) is 16.7. The molecular formula is C18H15O6P. The first-order valence-corrected chi connectivity index (χ1v) is 8.82. The molecule has 0 aliphatic carbocycles. The molecule has 0 radical (unpaired) electrons. The van der Waals surface area contributed by atoms with Crippen molar-refractivity contribution in [3.8, 4) is 28.7 Å². The lowest BCUT2D eigenvalue weighted by Crippen LogP contribution is -2.07. The Kier molecular flexibility index (Phi) is 4.82. The van der Waals surface area contributed by atoms with Crippen LogP contribution in [0.2, 0.25) is 0 Å². The molecule has 0 aromatic heterocycles. The Hall–Kier alpha value is -3.11. The van der Waals surface area contributed by atoms with Gasteiger partial charge in [0.2, 0.25) is 0 Å². The third-order valence-corrected chi connectivity index (χ3v) is 4.39. The summed E-state index contributed by atoms with van der Waals surface area (Å²) in [5.41, 5.74) is 0. The van der Waals surface area contributed by atoms with Gasteiger partial charge in [0.25, 0.3) is 0 Å². The Morgan fingerprint density at radius 3 is 1.52 bits per heavy atom. The average molecular weight is 358 g/mol. The largest absolute Gasteiger partial charge is 0.647 e. The smallest absolute Gasteiger partial charge is 0.504 e. The molecule has 0 saturated heterocycles. The van der Waals surface area contributed by atoms with Crippen molar-refractivity contribution in [2.24, 2.45) is 0 Å². The number of para-hydroxylation sites is 5. The Balaban J connectivity index is 1.94. The lowest BCUT2D eigenvalue weighted by Gasteiger charge is -2.20. The van der Waals surface area contributed by atoms with E-state index in [1.165, 1.54) is 24.3 Å². The monoisotopic (exact) mass is 358 g/mol. The predicted molar refractivity (Wildman–Crippen MR) is 92.1 cm³/mol. The number of aromatic hydroxyl groups is 2. The molecule has 0 spiro atoms. The highest BCUT2D eigenvalue weighted by Crippen LogP contribution is 2.52. The molecule has 7 heteroatoms. The number of phosphoric ester groups is 1. The average Bonchev–Trinajstić information content (AvgIpc) is 2.60. The molecule has 0 bridgehead atoms. The van der Waals surface area contributed by atoms with Crippen molar-refractivity contribution in [2.45, 2.75) is 0 Å². The summed E-state index contributed by atoms with van der Waals surface area (Å²) in [6, 6.07) is 20.3. The van der Waals surface area contributed by atoms with E-state index in [0.29, 0.717) is 0 Å². The Bertz CT molecular complexity index is 845. The van der Waals surface area contributed by atoms with Gasteiger partial charge in [-0.25, -0.2) is 0 Å². The van der Waals surface area contributed by atoms with Crippen LogP contribution in [-0.2, 0) is 4.57 Å². The van der Waals surface area contributed by atoms with Gasteiger partial charge in [-0.2, -0.15) is 4.57 Å². The van der Waals surface area contributed by atoms with Crippen LogP contribution in [0.15, 0.2) is 78.9 Å². The molecule has 25 heavy (non-hydrogen) atoms. The maximum absolute atomic E-state index is 13.1. The summed E-state index contributed by atoms with van der Waals surface area (Å²) in [6.45, 7) is 0. The number of hydrogen-bond donors (Lipinski definition) is 2. The molecule has 128 valence electrons. The second-order valence-electron chi connectivity index (χ2n) is 4.97. The highest BCUT2D eigenvalue weighted by Gasteiger charge is 2.34. The third-order valence-electron chi connectivity index (χ3n) is 3.11. The predicted octanol–water partition coefficient (Wildman–Crippen LogP) is 4.74. The van der Waals surface area contributed by atoms with Crippen molar-refractivity contribution in [2.75, 3.05) is 0 Å². The van der Waals surface area contributed by atoms with Gasteiger partial charge >= 0.3 is 7.82 Å². The molecule has 2 N–H and O–H groups in total. The molecule has 3 aromatic carbocycles. The van der Waals surface area contributed by atoms with E-state index in [1.807, 2.05) is 0 Å². The van der Waals surface area contributed by atoms with Crippen LogP contribution in [0.4, 0.5) is 0 Å². The molecule has 0 atom stereocenters. The van der Waals surface area contributed by atoms with E-state index in [0.717, 1.165) is 0 Å². The van der Waals surface area contributed by atoms with E-state index >= 15 is 0 Å². The minimum atomic E-state index is -4.26. The summed E-state index contributed by atoms with van der Waals surface area (Å²) in [5.74, 6) is -0.341. The van der Waals surface area contributed by atoms with Crippen molar-refractivity contribution in [1.29, 1.82) is 0 Å². The van der Waals surface area contributed by atoms with Crippen molar-refractivity contribution in [3.05, 3.63) is 78.9 Å². The van der Waals surface area contributed by atoms with Crippen LogP contribution in [0.3, 0.4) is 0 Å². The van der Waals surface area contributed by atoms with Crippen LogP contribution in [0.25, 0.3) is 0 Å². The standard InChI is InChI=1S/C18H15O6P/c19-15-10-4-6-12-17(15)23-25(21,22-14-8-2-1-3-9-14)24-18-13-7-5-11-16(18)20/h1-13,19-20H. The zero-order valence-electron chi connectivity index (χ0n) is 13.0. The summed E-state index contributed by atoms with van der Waals surface area (Å²) < 4.78 is 29.2. The molecule has 0 fully saturated rings. The van der Waals surface area contributed by atoms with Crippen molar-refractivity contribution in [1.82, 2.24) is 0 Å². The van der Waals surface area contributed by atoms with Crippen LogP contribution in [0, 0.1) is 0 Å². The van der Waals surface area contributed by atoms with Gasteiger partial charge in [-0.1, -0.05) is 42.5 Å². The van der Waals surface area contributed by atoms with Gasteiger partial charge in [0.05, 0.1) is 0 Å². The van der Waals surface area contributed by atoms with Gasteiger partial charge in [-0.3, -0.25) is 0 Å². The van der Waals surface area contributed by atoms with E-state index in [4.69, 9.17) is 13.6 Å².